The van der Waals surface area contributed by atoms with Crippen molar-refractivity contribution < 1.29 is 4.74 Å². The van der Waals surface area contributed by atoms with Crippen LogP contribution >= 0.6 is 11.6 Å². The van der Waals surface area contributed by atoms with E-state index >= 15 is 0 Å². The zero-order chi connectivity index (χ0) is 11.1. The van der Waals surface area contributed by atoms with Crippen molar-refractivity contribution in [3.8, 4) is 0 Å². The van der Waals surface area contributed by atoms with Crippen molar-refractivity contribution >= 4 is 11.6 Å². The van der Waals surface area contributed by atoms with Gasteiger partial charge in [0.25, 0.3) is 0 Å². The summed E-state index contributed by atoms with van der Waals surface area (Å²) in [6.07, 6.45) is 7.23. The van der Waals surface area contributed by atoms with E-state index in [-0.39, 0.29) is 5.41 Å². The minimum Gasteiger partial charge on any atom is -0.374 e. The average molecular weight is 231 g/mol. The fourth-order valence-corrected chi connectivity index (χ4v) is 3.07. The molecule has 0 aromatic rings. The second kappa shape index (κ2) is 4.25. The number of alkyl halides is 1. The number of halogens is 1. The minimum atomic E-state index is 0.179. The summed E-state index contributed by atoms with van der Waals surface area (Å²) in [6, 6.07) is 0. The minimum absolute atomic E-state index is 0.179. The monoisotopic (exact) mass is 230 g/mol. The van der Waals surface area contributed by atoms with Crippen LogP contribution in [0, 0.1) is 11.3 Å². The van der Waals surface area contributed by atoms with E-state index in [0.717, 1.165) is 12.3 Å². The molecule has 15 heavy (non-hydrogen) atoms. The van der Waals surface area contributed by atoms with Crippen LogP contribution in [0.1, 0.15) is 52.9 Å². The molecule has 2 saturated carbocycles. The van der Waals surface area contributed by atoms with Gasteiger partial charge in [0.1, 0.15) is 0 Å². The first kappa shape index (κ1) is 11.7. The molecule has 0 spiro atoms. The highest BCUT2D eigenvalue weighted by atomic mass is 35.5. The molecule has 4 atom stereocenters. The molecule has 0 aliphatic heterocycles. The van der Waals surface area contributed by atoms with Gasteiger partial charge in [-0.05, 0) is 25.2 Å². The van der Waals surface area contributed by atoms with Gasteiger partial charge in [-0.1, -0.05) is 33.6 Å². The van der Waals surface area contributed by atoms with Crippen LogP contribution < -0.4 is 0 Å². The van der Waals surface area contributed by atoms with Crippen LogP contribution in [0.15, 0.2) is 0 Å². The van der Waals surface area contributed by atoms with Gasteiger partial charge in [-0.15, -0.1) is 11.6 Å². The van der Waals surface area contributed by atoms with Crippen molar-refractivity contribution in [2.75, 3.05) is 0 Å². The summed E-state index contributed by atoms with van der Waals surface area (Å²) in [5.41, 5.74) is 0.179. The highest BCUT2D eigenvalue weighted by molar-refractivity contribution is 6.21. The fourth-order valence-electron chi connectivity index (χ4n) is 2.76. The Morgan fingerprint density at radius 3 is 2.40 bits per heavy atom. The Morgan fingerprint density at radius 2 is 1.87 bits per heavy atom. The van der Waals surface area contributed by atoms with Crippen molar-refractivity contribution in [1.29, 1.82) is 0 Å². The second-order valence-corrected chi connectivity index (χ2v) is 6.48. The van der Waals surface area contributed by atoms with Crippen LogP contribution in [0.5, 0.6) is 0 Å². The molecule has 2 rings (SSSR count). The lowest BCUT2D eigenvalue weighted by molar-refractivity contribution is -0.145. The Balaban J connectivity index is 1.87. The van der Waals surface area contributed by atoms with Gasteiger partial charge < -0.3 is 4.74 Å². The summed E-state index contributed by atoms with van der Waals surface area (Å²) in [5, 5.41) is 0.307. The Labute approximate surface area is 98.5 Å². The predicted octanol–water partition coefficient (Wildman–Crippen LogP) is 3.99. The summed E-state index contributed by atoms with van der Waals surface area (Å²) in [6.45, 7) is 6.78. The molecule has 0 aromatic heterocycles. The Kier molecular flexibility index (Phi) is 3.33. The maximum Gasteiger partial charge on any atom is 0.0658 e. The summed E-state index contributed by atoms with van der Waals surface area (Å²) < 4.78 is 6.24. The molecule has 2 aliphatic rings. The molecule has 0 bridgehead atoms. The van der Waals surface area contributed by atoms with Gasteiger partial charge >= 0.3 is 0 Å². The summed E-state index contributed by atoms with van der Waals surface area (Å²) in [5.74, 6) is 0.740. The molecule has 88 valence electrons. The molecule has 2 fully saturated rings. The number of hydrogen-bond acceptors (Lipinski definition) is 1. The molecule has 4 unspecified atom stereocenters. The second-order valence-electron chi connectivity index (χ2n) is 5.95. The van der Waals surface area contributed by atoms with Crippen LogP contribution in [0.25, 0.3) is 0 Å². The lowest BCUT2D eigenvalue weighted by atomic mass is 9.68. The zero-order valence-electron chi connectivity index (χ0n) is 10.1. The van der Waals surface area contributed by atoms with Gasteiger partial charge in [-0.2, -0.15) is 0 Å². The maximum atomic E-state index is 6.24. The lowest BCUT2D eigenvalue weighted by Crippen LogP contribution is -2.53. The SMILES string of the molecule is CC1CCCCC1OC1CC(Cl)C1(C)C. The Bertz CT molecular complexity index is 225. The number of ether oxygens (including phenoxy) is 1. The third kappa shape index (κ3) is 2.19. The van der Waals surface area contributed by atoms with Crippen LogP contribution in [0.3, 0.4) is 0 Å². The summed E-state index contributed by atoms with van der Waals surface area (Å²) in [7, 11) is 0. The first-order valence-electron chi connectivity index (χ1n) is 6.31. The third-order valence-corrected chi connectivity index (χ3v) is 5.17. The molecule has 0 amide bonds. The summed E-state index contributed by atoms with van der Waals surface area (Å²) >= 11 is 6.21. The molecule has 2 aliphatic carbocycles. The van der Waals surface area contributed by atoms with Crippen molar-refractivity contribution in [3.63, 3.8) is 0 Å². The number of hydrogen-bond donors (Lipinski definition) is 0. The highest BCUT2D eigenvalue weighted by Crippen LogP contribution is 2.47. The molecule has 0 saturated heterocycles. The quantitative estimate of drug-likeness (QED) is 0.652. The van der Waals surface area contributed by atoms with Gasteiger partial charge in [0.2, 0.25) is 0 Å². The molecule has 0 aromatic carbocycles. The van der Waals surface area contributed by atoms with Crippen molar-refractivity contribution in [1.82, 2.24) is 0 Å². The predicted molar refractivity (Wildman–Crippen MR) is 64.3 cm³/mol. The smallest absolute Gasteiger partial charge is 0.0658 e. The topological polar surface area (TPSA) is 9.23 Å². The van der Waals surface area contributed by atoms with E-state index in [1.54, 1.807) is 0 Å². The molecule has 0 heterocycles. The van der Waals surface area contributed by atoms with Gasteiger partial charge in [-0.25, -0.2) is 0 Å². The zero-order valence-corrected chi connectivity index (χ0v) is 10.9. The average Bonchev–Trinajstić information content (AvgIpc) is 2.20. The molecule has 1 nitrogen and oxygen atoms in total. The van der Waals surface area contributed by atoms with E-state index in [9.17, 15) is 0 Å². The molecule has 0 radical (unpaired) electrons. The van der Waals surface area contributed by atoms with Crippen molar-refractivity contribution in [2.24, 2.45) is 11.3 Å². The molecule has 0 N–H and O–H groups in total. The standard InChI is InChI=1S/C13H23ClO/c1-9-6-4-5-7-10(9)15-12-8-11(14)13(12,2)3/h9-12H,4-8H2,1-3H3. The normalized spacial score (nSPS) is 44.8. The lowest BCUT2D eigenvalue weighted by Gasteiger charge is -2.50. The Hall–Kier alpha value is 0.250. The van der Waals surface area contributed by atoms with E-state index in [1.807, 2.05) is 0 Å². The number of rotatable bonds is 2. The molecular formula is C13H23ClO. The maximum absolute atomic E-state index is 6.24. The Morgan fingerprint density at radius 1 is 1.20 bits per heavy atom. The largest absolute Gasteiger partial charge is 0.374 e. The van der Waals surface area contributed by atoms with Crippen LogP contribution in [0.2, 0.25) is 0 Å². The first-order valence-corrected chi connectivity index (χ1v) is 6.75. The van der Waals surface area contributed by atoms with Crippen LogP contribution in [-0.2, 0) is 4.74 Å². The first-order chi connectivity index (χ1) is 7.01. The van der Waals surface area contributed by atoms with E-state index in [0.29, 0.717) is 17.6 Å². The van der Waals surface area contributed by atoms with Gasteiger partial charge in [0.05, 0.1) is 12.2 Å². The van der Waals surface area contributed by atoms with Gasteiger partial charge in [0, 0.05) is 10.8 Å². The third-order valence-electron chi connectivity index (χ3n) is 4.43. The highest BCUT2D eigenvalue weighted by Gasteiger charge is 2.49. The fraction of sp³-hybridized carbons (Fsp3) is 1.00. The van der Waals surface area contributed by atoms with E-state index in [4.69, 9.17) is 16.3 Å². The van der Waals surface area contributed by atoms with Gasteiger partial charge in [0.15, 0.2) is 0 Å². The van der Waals surface area contributed by atoms with Gasteiger partial charge in [-0.3, -0.25) is 0 Å². The van der Waals surface area contributed by atoms with E-state index in [2.05, 4.69) is 20.8 Å². The molecule has 2 heteroatoms. The van der Waals surface area contributed by atoms with Crippen molar-refractivity contribution in [2.45, 2.75) is 70.5 Å². The molecular weight excluding hydrogens is 208 g/mol. The van der Waals surface area contributed by atoms with E-state index in [1.165, 1.54) is 25.7 Å². The van der Waals surface area contributed by atoms with Crippen molar-refractivity contribution in [3.05, 3.63) is 0 Å². The summed E-state index contributed by atoms with van der Waals surface area (Å²) in [4.78, 5) is 0. The van der Waals surface area contributed by atoms with E-state index < -0.39 is 0 Å². The van der Waals surface area contributed by atoms with Crippen LogP contribution in [-0.4, -0.2) is 17.6 Å². The van der Waals surface area contributed by atoms with Crippen LogP contribution in [0.4, 0.5) is 0 Å².